The molecule has 0 spiro atoms. The van der Waals surface area contributed by atoms with Crippen LogP contribution in [0.15, 0.2) is 94.6 Å². The lowest BCUT2D eigenvalue weighted by Crippen LogP contribution is -2.51. The van der Waals surface area contributed by atoms with Crippen molar-refractivity contribution in [2.24, 2.45) is 0 Å². The highest BCUT2D eigenvalue weighted by Gasteiger charge is 2.52. The molecule has 9 heteroatoms. The molecular formula is C31H32N2O7. The highest BCUT2D eigenvalue weighted by atomic mass is 16.5. The molecule has 0 aliphatic carbocycles. The van der Waals surface area contributed by atoms with Crippen molar-refractivity contribution in [3.8, 4) is 11.5 Å². The standard InChI is InChI=1S/C31H32N2O7/c1-19-18-33(30(37)32-29(19)36)26-17-25(34)27(40-26)28(35)31(20-7-5-4-6-8-20,21-9-13-23(38-2)14-10-21)22-11-15-24(39-3)16-12-22/h4-16,18,25-28,34-35H,17H2,1-3H3,(H,32,36,37)/t25-,26+,27-,28?/m0/s1. The number of H-pyrrole nitrogens is 1. The number of ether oxygens (including phenoxy) is 3. The second-order valence-electron chi connectivity index (χ2n) is 9.91. The SMILES string of the molecule is COc1ccc(C(c2ccccc2)(c2ccc(OC)cc2)C(O)[C@H]2O[C@@H](n3cc(C)c(=O)[nH]c3=O)C[C@@H]2O)cc1. The lowest BCUT2D eigenvalue weighted by Gasteiger charge is -2.43. The Morgan fingerprint density at radius 1 is 0.900 bits per heavy atom. The average Bonchev–Trinajstić information content (AvgIpc) is 3.37. The number of benzene rings is 3. The third-order valence-electron chi connectivity index (χ3n) is 7.67. The van der Waals surface area contributed by atoms with Crippen molar-refractivity contribution in [3.63, 3.8) is 0 Å². The van der Waals surface area contributed by atoms with Gasteiger partial charge in [-0.25, -0.2) is 4.79 Å². The summed E-state index contributed by atoms with van der Waals surface area (Å²) in [6, 6.07) is 24.3. The summed E-state index contributed by atoms with van der Waals surface area (Å²) < 4.78 is 18.3. The quantitative estimate of drug-likeness (QED) is 0.292. The van der Waals surface area contributed by atoms with Gasteiger partial charge in [0.1, 0.15) is 29.9 Å². The fraction of sp³-hybridized carbons (Fsp3) is 0.290. The van der Waals surface area contributed by atoms with Crippen molar-refractivity contribution < 1.29 is 24.4 Å². The van der Waals surface area contributed by atoms with E-state index in [-0.39, 0.29) is 6.42 Å². The Kier molecular flexibility index (Phi) is 7.62. The van der Waals surface area contributed by atoms with Gasteiger partial charge in [-0.1, -0.05) is 54.6 Å². The first-order chi connectivity index (χ1) is 19.3. The normalized spacial score (nSPS) is 19.8. The molecule has 9 nitrogen and oxygen atoms in total. The summed E-state index contributed by atoms with van der Waals surface area (Å²) in [6.07, 6.45) is -2.95. The Bertz CT molecular complexity index is 1520. The zero-order valence-corrected chi connectivity index (χ0v) is 22.5. The van der Waals surface area contributed by atoms with Crippen molar-refractivity contribution in [1.29, 1.82) is 0 Å². The van der Waals surface area contributed by atoms with E-state index in [1.807, 2.05) is 78.9 Å². The monoisotopic (exact) mass is 544 g/mol. The van der Waals surface area contributed by atoms with Gasteiger partial charge in [-0.3, -0.25) is 14.3 Å². The van der Waals surface area contributed by atoms with Gasteiger partial charge in [-0.2, -0.15) is 0 Å². The molecule has 0 radical (unpaired) electrons. The summed E-state index contributed by atoms with van der Waals surface area (Å²) in [6.45, 7) is 1.58. The number of nitrogens with zero attached hydrogens (tertiary/aromatic N) is 1. The van der Waals surface area contributed by atoms with Gasteiger partial charge in [-0.05, 0) is 47.9 Å². The molecule has 4 aromatic rings. The van der Waals surface area contributed by atoms with E-state index >= 15 is 0 Å². The third-order valence-corrected chi connectivity index (χ3v) is 7.67. The molecule has 208 valence electrons. The first-order valence-electron chi connectivity index (χ1n) is 13.0. The van der Waals surface area contributed by atoms with Crippen molar-refractivity contribution >= 4 is 0 Å². The molecule has 1 unspecified atom stereocenters. The zero-order valence-electron chi connectivity index (χ0n) is 22.5. The largest absolute Gasteiger partial charge is 0.497 e. The molecule has 40 heavy (non-hydrogen) atoms. The number of aromatic nitrogens is 2. The molecule has 4 atom stereocenters. The summed E-state index contributed by atoms with van der Waals surface area (Å²) >= 11 is 0. The van der Waals surface area contributed by atoms with Gasteiger partial charge < -0.3 is 24.4 Å². The molecular weight excluding hydrogens is 512 g/mol. The van der Waals surface area contributed by atoms with Crippen molar-refractivity contribution in [2.75, 3.05) is 14.2 Å². The molecule has 1 aromatic heterocycles. The second kappa shape index (κ2) is 11.1. The number of aryl methyl sites for hydroxylation is 1. The van der Waals surface area contributed by atoms with E-state index in [1.165, 1.54) is 10.8 Å². The maximum Gasteiger partial charge on any atom is 0.330 e. The van der Waals surface area contributed by atoms with Crippen LogP contribution in [0, 0.1) is 6.92 Å². The van der Waals surface area contributed by atoms with E-state index in [1.54, 1.807) is 21.1 Å². The van der Waals surface area contributed by atoms with E-state index in [0.29, 0.717) is 17.1 Å². The fourth-order valence-corrected chi connectivity index (χ4v) is 5.60. The maximum atomic E-state index is 12.6. The Hall–Kier alpha value is -4.18. The van der Waals surface area contributed by atoms with E-state index in [2.05, 4.69) is 4.98 Å². The molecule has 2 heterocycles. The predicted octanol–water partition coefficient (Wildman–Crippen LogP) is 2.91. The van der Waals surface area contributed by atoms with Gasteiger partial charge >= 0.3 is 5.69 Å². The number of aromatic amines is 1. The maximum absolute atomic E-state index is 12.6. The number of nitrogens with one attached hydrogen (secondary N) is 1. The van der Waals surface area contributed by atoms with Crippen LogP contribution >= 0.6 is 0 Å². The summed E-state index contributed by atoms with van der Waals surface area (Å²) in [7, 11) is 3.17. The van der Waals surface area contributed by atoms with Crippen LogP contribution in [0.5, 0.6) is 11.5 Å². The van der Waals surface area contributed by atoms with Crippen LogP contribution in [0.1, 0.15) is 34.9 Å². The molecule has 1 aliphatic heterocycles. The minimum absolute atomic E-state index is 0.0449. The van der Waals surface area contributed by atoms with E-state index < -0.39 is 41.2 Å². The molecule has 1 saturated heterocycles. The number of hydrogen-bond acceptors (Lipinski definition) is 7. The summed E-state index contributed by atoms with van der Waals surface area (Å²) in [5, 5.41) is 23.6. The molecule has 5 rings (SSSR count). The number of aliphatic hydroxyl groups is 2. The molecule has 0 bridgehead atoms. The molecule has 3 N–H and O–H groups in total. The molecule has 3 aromatic carbocycles. The highest BCUT2D eigenvalue weighted by Crippen LogP contribution is 2.47. The summed E-state index contributed by atoms with van der Waals surface area (Å²) in [5.41, 5.74) is 0.251. The topological polar surface area (TPSA) is 123 Å². The van der Waals surface area contributed by atoms with E-state index in [9.17, 15) is 19.8 Å². The predicted molar refractivity (Wildman–Crippen MR) is 149 cm³/mol. The lowest BCUT2D eigenvalue weighted by atomic mass is 9.64. The van der Waals surface area contributed by atoms with Gasteiger partial charge in [0.2, 0.25) is 0 Å². The minimum Gasteiger partial charge on any atom is -0.497 e. The Labute approximate surface area is 231 Å². The van der Waals surface area contributed by atoms with Crippen LogP contribution in [0.2, 0.25) is 0 Å². The minimum atomic E-state index is -1.31. The van der Waals surface area contributed by atoms with Gasteiger partial charge in [0.15, 0.2) is 0 Å². The van der Waals surface area contributed by atoms with Crippen molar-refractivity contribution in [3.05, 3.63) is 128 Å². The zero-order chi connectivity index (χ0) is 28.4. The fourth-order valence-electron chi connectivity index (χ4n) is 5.60. The van der Waals surface area contributed by atoms with Gasteiger partial charge in [0, 0.05) is 18.2 Å². The van der Waals surface area contributed by atoms with Crippen LogP contribution in [0.25, 0.3) is 0 Å². The first-order valence-corrected chi connectivity index (χ1v) is 13.0. The Morgan fingerprint density at radius 2 is 1.43 bits per heavy atom. The summed E-state index contributed by atoms with van der Waals surface area (Å²) in [5.74, 6) is 1.31. The van der Waals surface area contributed by atoms with Crippen LogP contribution in [0.4, 0.5) is 0 Å². The van der Waals surface area contributed by atoms with E-state index in [4.69, 9.17) is 14.2 Å². The average molecular weight is 545 g/mol. The van der Waals surface area contributed by atoms with E-state index in [0.717, 1.165) is 16.7 Å². The van der Waals surface area contributed by atoms with Gasteiger partial charge in [0.25, 0.3) is 5.56 Å². The third kappa shape index (κ3) is 4.72. The molecule has 0 saturated carbocycles. The smallest absolute Gasteiger partial charge is 0.330 e. The highest BCUT2D eigenvalue weighted by molar-refractivity contribution is 5.54. The molecule has 0 amide bonds. The number of hydrogen-bond donors (Lipinski definition) is 3. The number of methoxy groups -OCH3 is 2. The van der Waals surface area contributed by atoms with Crippen molar-refractivity contribution in [1.82, 2.24) is 9.55 Å². The first kappa shape index (κ1) is 27.4. The Balaban J connectivity index is 1.68. The lowest BCUT2D eigenvalue weighted by molar-refractivity contribution is -0.0976. The van der Waals surface area contributed by atoms with Crippen LogP contribution in [-0.4, -0.2) is 52.3 Å². The van der Waals surface area contributed by atoms with Gasteiger partial charge in [-0.15, -0.1) is 0 Å². The van der Waals surface area contributed by atoms with Crippen LogP contribution < -0.4 is 20.7 Å². The summed E-state index contributed by atoms with van der Waals surface area (Å²) in [4.78, 5) is 26.8. The number of aliphatic hydroxyl groups excluding tert-OH is 2. The van der Waals surface area contributed by atoms with Crippen LogP contribution in [0.3, 0.4) is 0 Å². The second-order valence-corrected chi connectivity index (χ2v) is 9.91. The van der Waals surface area contributed by atoms with Gasteiger partial charge in [0.05, 0.1) is 25.7 Å². The van der Waals surface area contributed by atoms with Crippen molar-refractivity contribution in [2.45, 2.75) is 43.3 Å². The molecule has 1 aliphatic rings. The van der Waals surface area contributed by atoms with Crippen LogP contribution in [-0.2, 0) is 10.2 Å². The number of rotatable bonds is 8. The molecule has 1 fully saturated rings. The Morgan fingerprint density at radius 3 is 1.95 bits per heavy atom.